The highest BCUT2D eigenvalue weighted by Crippen LogP contribution is 2.47. The Labute approximate surface area is 205 Å². The molecule has 0 radical (unpaired) electrons. The third-order valence-electron chi connectivity index (χ3n) is 7.61. The van der Waals surface area contributed by atoms with E-state index in [-0.39, 0.29) is 25.7 Å². The van der Waals surface area contributed by atoms with Crippen molar-refractivity contribution in [3.63, 3.8) is 0 Å². The van der Waals surface area contributed by atoms with Crippen LogP contribution in [0.15, 0.2) is 0 Å². The van der Waals surface area contributed by atoms with E-state index in [0.717, 1.165) is 19.3 Å². The Morgan fingerprint density at radius 1 is 0.853 bits per heavy atom. The standard InChI is InChI=1S/C27H48O7/c1-2-3-4-5-6-7-8-9-10-11-12-13-14-15-16-17-24(29)34-27(30)21-33-26(18-22-19-31-22)23(28)20-32-25(26)27/h22-23,25,28,30H,2-21H2,1H3/t22?,23-,25-,26+,27+/m0/s1. The minimum absolute atomic E-state index is 0.00257. The molecule has 0 aliphatic carbocycles. The summed E-state index contributed by atoms with van der Waals surface area (Å²) in [4.78, 5) is 12.4. The maximum absolute atomic E-state index is 12.4. The number of rotatable bonds is 19. The third-order valence-corrected chi connectivity index (χ3v) is 7.61. The van der Waals surface area contributed by atoms with Crippen LogP contribution in [0.25, 0.3) is 0 Å². The van der Waals surface area contributed by atoms with E-state index in [2.05, 4.69) is 6.92 Å². The van der Waals surface area contributed by atoms with Crippen LogP contribution in [0, 0.1) is 0 Å². The van der Waals surface area contributed by atoms with E-state index in [0.29, 0.717) is 13.0 Å². The summed E-state index contributed by atoms with van der Waals surface area (Å²) in [7, 11) is 0. The summed E-state index contributed by atoms with van der Waals surface area (Å²) in [6.45, 7) is 2.74. The molecule has 3 saturated heterocycles. The Morgan fingerprint density at radius 2 is 1.38 bits per heavy atom. The van der Waals surface area contributed by atoms with Gasteiger partial charge in [0.1, 0.15) is 18.3 Å². The van der Waals surface area contributed by atoms with Crippen LogP contribution in [0.3, 0.4) is 0 Å². The lowest BCUT2D eigenvalue weighted by Crippen LogP contribution is -2.54. The normalized spacial score (nSPS) is 32.1. The SMILES string of the molecule is CCCCCCCCCCCCCCCCCC(=O)O[C@]1(O)CO[C@]2(CC3CO3)[C@@H](O)CO[C@@H]21. The molecule has 198 valence electrons. The smallest absolute Gasteiger partial charge is 0.308 e. The molecule has 34 heavy (non-hydrogen) atoms. The zero-order valence-electron chi connectivity index (χ0n) is 21.3. The van der Waals surface area contributed by atoms with E-state index in [1.54, 1.807) is 0 Å². The van der Waals surface area contributed by atoms with Crippen LogP contribution in [0.4, 0.5) is 0 Å². The van der Waals surface area contributed by atoms with E-state index in [1.807, 2.05) is 0 Å². The molecular weight excluding hydrogens is 436 g/mol. The summed E-state index contributed by atoms with van der Waals surface area (Å²) in [6.07, 6.45) is 18.0. The van der Waals surface area contributed by atoms with E-state index in [1.165, 1.54) is 77.0 Å². The molecule has 3 fully saturated rings. The summed E-state index contributed by atoms with van der Waals surface area (Å²) in [5.74, 6) is -2.29. The van der Waals surface area contributed by atoms with Crippen molar-refractivity contribution in [2.45, 2.75) is 146 Å². The van der Waals surface area contributed by atoms with Crippen molar-refractivity contribution >= 4 is 5.97 Å². The minimum atomic E-state index is -1.85. The maximum Gasteiger partial charge on any atom is 0.308 e. The Bertz CT molecular complexity index is 596. The fourth-order valence-corrected chi connectivity index (χ4v) is 5.46. The Morgan fingerprint density at radius 3 is 1.91 bits per heavy atom. The second kappa shape index (κ2) is 14.1. The van der Waals surface area contributed by atoms with Crippen LogP contribution in [0.2, 0.25) is 0 Å². The van der Waals surface area contributed by atoms with Gasteiger partial charge in [-0.3, -0.25) is 4.79 Å². The molecule has 2 N–H and O–H groups in total. The average Bonchev–Trinajstić information content (AvgIpc) is 3.50. The van der Waals surface area contributed by atoms with Gasteiger partial charge < -0.3 is 29.2 Å². The van der Waals surface area contributed by atoms with E-state index >= 15 is 0 Å². The van der Waals surface area contributed by atoms with Crippen molar-refractivity contribution in [1.29, 1.82) is 0 Å². The average molecular weight is 485 g/mol. The number of ether oxygens (including phenoxy) is 4. The second-order valence-corrected chi connectivity index (χ2v) is 10.7. The molecule has 3 rings (SSSR count). The third kappa shape index (κ3) is 8.16. The lowest BCUT2D eigenvalue weighted by molar-refractivity contribution is -0.238. The van der Waals surface area contributed by atoms with Crippen molar-refractivity contribution in [3.05, 3.63) is 0 Å². The molecule has 0 aromatic carbocycles. The first-order chi connectivity index (χ1) is 16.5. The molecule has 0 saturated carbocycles. The molecule has 0 spiro atoms. The predicted octanol–water partition coefficient (Wildman–Crippen LogP) is 4.80. The van der Waals surface area contributed by atoms with Crippen LogP contribution in [0.5, 0.6) is 0 Å². The molecule has 5 atom stereocenters. The van der Waals surface area contributed by atoms with Crippen LogP contribution in [0.1, 0.15) is 116 Å². The molecule has 7 heteroatoms. The fourth-order valence-electron chi connectivity index (χ4n) is 5.46. The molecule has 0 aromatic heterocycles. The lowest BCUT2D eigenvalue weighted by atomic mass is 9.86. The van der Waals surface area contributed by atoms with E-state index in [9.17, 15) is 15.0 Å². The summed E-state index contributed by atoms with van der Waals surface area (Å²) in [5, 5.41) is 21.3. The number of hydrogen-bond acceptors (Lipinski definition) is 7. The number of hydrogen-bond donors (Lipinski definition) is 2. The Kier molecular flexibility index (Phi) is 11.6. The van der Waals surface area contributed by atoms with Gasteiger partial charge in [-0.25, -0.2) is 0 Å². The second-order valence-electron chi connectivity index (χ2n) is 10.7. The van der Waals surface area contributed by atoms with Crippen LogP contribution >= 0.6 is 0 Å². The summed E-state index contributed by atoms with van der Waals surface area (Å²) in [6, 6.07) is 0. The number of epoxide rings is 1. The fraction of sp³-hybridized carbons (Fsp3) is 0.963. The number of aliphatic hydroxyl groups excluding tert-OH is 1. The molecular formula is C27H48O7. The molecule has 3 heterocycles. The van der Waals surface area contributed by atoms with Gasteiger partial charge in [0.25, 0.3) is 5.79 Å². The number of carbonyl (C=O) groups is 1. The van der Waals surface area contributed by atoms with Gasteiger partial charge in [-0.1, -0.05) is 96.8 Å². The molecule has 3 aliphatic heterocycles. The predicted molar refractivity (Wildman–Crippen MR) is 129 cm³/mol. The van der Waals surface area contributed by atoms with Crippen LogP contribution in [-0.4, -0.2) is 65.7 Å². The van der Waals surface area contributed by atoms with Crippen molar-refractivity contribution in [2.75, 3.05) is 19.8 Å². The van der Waals surface area contributed by atoms with Gasteiger partial charge >= 0.3 is 5.97 Å². The minimum Gasteiger partial charge on any atom is -0.428 e. The highest BCUT2D eigenvalue weighted by molar-refractivity contribution is 5.69. The first kappa shape index (κ1) is 27.9. The molecule has 0 bridgehead atoms. The summed E-state index contributed by atoms with van der Waals surface area (Å²) >= 11 is 0. The lowest BCUT2D eigenvalue weighted by Gasteiger charge is -2.32. The zero-order chi connectivity index (χ0) is 24.3. The Hall–Kier alpha value is -0.730. The van der Waals surface area contributed by atoms with Crippen molar-refractivity contribution < 1.29 is 34.0 Å². The van der Waals surface area contributed by atoms with Gasteiger partial charge in [-0.05, 0) is 6.42 Å². The van der Waals surface area contributed by atoms with Gasteiger partial charge in [0.05, 0.1) is 19.3 Å². The molecule has 0 aromatic rings. The van der Waals surface area contributed by atoms with Crippen molar-refractivity contribution in [1.82, 2.24) is 0 Å². The highest BCUT2D eigenvalue weighted by atomic mass is 16.7. The van der Waals surface area contributed by atoms with Gasteiger partial charge in [-0.15, -0.1) is 0 Å². The zero-order valence-corrected chi connectivity index (χ0v) is 21.3. The first-order valence-electron chi connectivity index (χ1n) is 14.0. The molecule has 7 nitrogen and oxygen atoms in total. The quantitative estimate of drug-likeness (QED) is 0.118. The number of carbonyl (C=O) groups excluding carboxylic acids is 1. The van der Waals surface area contributed by atoms with Gasteiger partial charge in [-0.2, -0.15) is 0 Å². The van der Waals surface area contributed by atoms with E-state index < -0.39 is 29.6 Å². The maximum atomic E-state index is 12.4. The summed E-state index contributed by atoms with van der Waals surface area (Å²) < 4.78 is 22.1. The molecule has 1 unspecified atom stereocenters. The van der Waals surface area contributed by atoms with Gasteiger partial charge in [0.2, 0.25) is 0 Å². The molecule has 0 amide bonds. The largest absolute Gasteiger partial charge is 0.428 e. The summed E-state index contributed by atoms with van der Waals surface area (Å²) in [5.41, 5.74) is -1.06. The highest BCUT2D eigenvalue weighted by Gasteiger charge is 2.68. The number of unbranched alkanes of at least 4 members (excludes halogenated alkanes) is 14. The van der Waals surface area contributed by atoms with Gasteiger partial charge in [0, 0.05) is 12.8 Å². The van der Waals surface area contributed by atoms with Crippen molar-refractivity contribution in [2.24, 2.45) is 0 Å². The Balaban J connectivity index is 1.18. The first-order valence-corrected chi connectivity index (χ1v) is 14.0. The van der Waals surface area contributed by atoms with E-state index in [4.69, 9.17) is 18.9 Å². The monoisotopic (exact) mass is 484 g/mol. The van der Waals surface area contributed by atoms with Gasteiger partial charge in [0.15, 0.2) is 6.10 Å². The van der Waals surface area contributed by atoms with Crippen LogP contribution < -0.4 is 0 Å². The molecule has 3 aliphatic rings. The number of esters is 1. The topological polar surface area (TPSA) is 97.8 Å². The van der Waals surface area contributed by atoms with Crippen LogP contribution in [-0.2, 0) is 23.7 Å². The number of aliphatic hydroxyl groups is 2. The van der Waals surface area contributed by atoms with Crippen molar-refractivity contribution in [3.8, 4) is 0 Å². The number of fused-ring (bicyclic) bond motifs is 1.